The third kappa shape index (κ3) is 3.41. The van der Waals surface area contributed by atoms with Crippen molar-refractivity contribution in [2.45, 2.75) is 6.92 Å². The highest BCUT2D eigenvalue weighted by Gasteiger charge is 2.10. The monoisotopic (exact) mass is 397 g/mol. The number of hydrogen-bond acceptors (Lipinski definition) is 2. The Morgan fingerprint density at radius 2 is 1.85 bits per heavy atom. The molecule has 2 aromatic carbocycles. The molecule has 20 heavy (non-hydrogen) atoms. The SMILES string of the molecule is COc1ccc(Br)c(NC(=O)c2ccc(C)c(Br)c2)c1. The second kappa shape index (κ2) is 6.41. The number of benzene rings is 2. The zero-order chi connectivity index (χ0) is 14.7. The van der Waals surface area contributed by atoms with E-state index in [4.69, 9.17) is 4.74 Å². The van der Waals surface area contributed by atoms with Gasteiger partial charge in [0.2, 0.25) is 0 Å². The number of anilines is 1. The van der Waals surface area contributed by atoms with Crippen molar-refractivity contribution >= 4 is 43.5 Å². The summed E-state index contributed by atoms with van der Waals surface area (Å²) in [6, 6.07) is 10.9. The molecule has 0 aliphatic heterocycles. The van der Waals surface area contributed by atoms with Gasteiger partial charge in [-0.1, -0.05) is 22.0 Å². The fourth-order valence-electron chi connectivity index (χ4n) is 1.66. The molecule has 3 nitrogen and oxygen atoms in total. The summed E-state index contributed by atoms with van der Waals surface area (Å²) in [4.78, 5) is 12.2. The van der Waals surface area contributed by atoms with Gasteiger partial charge in [0, 0.05) is 20.6 Å². The van der Waals surface area contributed by atoms with Crippen molar-refractivity contribution in [1.29, 1.82) is 0 Å². The van der Waals surface area contributed by atoms with Crippen LogP contribution in [0.2, 0.25) is 0 Å². The molecule has 5 heteroatoms. The molecular formula is C15H13Br2NO2. The van der Waals surface area contributed by atoms with Gasteiger partial charge in [0.25, 0.3) is 5.91 Å². The highest BCUT2D eigenvalue weighted by Crippen LogP contribution is 2.28. The normalized spacial score (nSPS) is 10.2. The lowest BCUT2D eigenvalue weighted by atomic mass is 10.1. The lowest BCUT2D eigenvalue weighted by Crippen LogP contribution is -2.12. The van der Waals surface area contributed by atoms with E-state index in [1.165, 1.54) is 0 Å². The van der Waals surface area contributed by atoms with E-state index in [0.717, 1.165) is 14.5 Å². The van der Waals surface area contributed by atoms with Crippen molar-refractivity contribution in [3.8, 4) is 5.75 Å². The van der Waals surface area contributed by atoms with Crippen molar-refractivity contribution in [3.05, 3.63) is 56.5 Å². The Kier molecular flexibility index (Phi) is 4.83. The summed E-state index contributed by atoms with van der Waals surface area (Å²) < 4.78 is 6.87. The zero-order valence-electron chi connectivity index (χ0n) is 11.0. The third-order valence-electron chi connectivity index (χ3n) is 2.86. The first-order valence-corrected chi connectivity index (χ1v) is 7.51. The Labute approximate surface area is 134 Å². The maximum atomic E-state index is 12.2. The van der Waals surface area contributed by atoms with Gasteiger partial charge in [0.1, 0.15) is 5.75 Å². The van der Waals surface area contributed by atoms with Crippen LogP contribution in [0.5, 0.6) is 5.75 Å². The van der Waals surface area contributed by atoms with Gasteiger partial charge in [0.15, 0.2) is 0 Å². The number of ether oxygens (including phenoxy) is 1. The van der Waals surface area contributed by atoms with E-state index in [1.807, 2.05) is 25.1 Å². The molecule has 1 amide bonds. The van der Waals surface area contributed by atoms with Crippen molar-refractivity contribution in [1.82, 2.24) is 0 Å². The topological polar surface area (TPSA) is 38.3 Å². The van der Waals surface area contributed by atoms with E-state index < -0.39 is 0 Å². The molecule has 0 spiro atoms. The van der Waals surface area contributed by atoms with E-state index in [2.05, 4.69) is 37.2 Å². The summed E-state index contributed by atoms with van der Waals surface area (Å²) in [5.41, 5.74) is 2.35. The first-order valence-electron chi connectivity index (χ1n) is 5.92. The van der Waals surface area contributed by atoms with Gasteiger partial charge in [-0.2, -0.15) is 0 Å². The van der Waals surface area contributed by atoms with Gasteiger partial charge in [-0.15, -0.1) is 0 Å². The Balaban J connectivity index is 2.25. The lowest BCUT2D eigenvalue weighted by molar-refractivity contribution is 0.102. The van der Waals surface area contributed by atoms with Crippen LogP contribution in [0.3, 0.4) is 0 Å². The van der Waals surface area contributed by atoms with Gasteiger partial charge in [0.05, 0.1) is 12.8 Å². The summed E-state index contributed by atoms with van der Waals surface area (Å²) >= 11 is 6.84. The average molecular weight is 399 g/mol. The summed E-state index contributed by atoms with van der Waals surface area (Å²) in [6.45, 7) is 1.98. The van der Waals surface area contributed by atoms with E-state index >= 15 is 0 Å². The number of hydrogen-bond donors (Lipinski definition) is 1. The molecule has 1 N–H and O–H groups in total. The van der Waals surface area contributed by atoms with Crippen LogP contribution in [0.1, 0.15) is 15.9 Å². The molecule has 0 aliphatic carbocycles. The smallest absolute Gasteiger partial charge is 0.255 e. The van der Waals surface area contributed by atoms with Crippen LogP contribution in [0.4, 0.5) is 5.69 Å². The highest BCUT2D eigenvalue weighted by molar-refractivity contribution is 9.10. The lowest BCUT2D eigenvalue weighted by Gasteiger charge is -2.10. The first-order chi connectivity index (χ1) is 9.51. The minimum Gasteiger partial charge on any atom is -0.497 e. The van der Waals surface area contributed by atoms with Crippen molar-refractivity contribution in [2.24, 2.45) is 0 Å². The maximum Gasteiger partial charge on any atom is 0.255 e. The van der Waals surface area contributed by atoms with Gasteiger partial charge in [-0.25, -0.2) is 0 Å². The Hall–Kier alpha value is -1.33. The largest absolute Gasteiger partial charge is 0.497 e. The third-order valence-corrected chi connectivity index (χ3v) is 4.40. The van der Waals surface area contributed by atoms with Crippen molar-refractivity contribution in [3.63, 3.8) is 0 Å². The van der Waals surface area contributed by atoms with Crippen LogP contribution >= 0.6 is 31.9 Å². The van der Waals surface area contributed by atoms with Crippen molar-refractivity contribution < 1.29 is 9.53 Å². The second-order valence-electron chi connectivity index (χ2n) is 4.26. The zero-order valence-corrected chi connectivity index (χ0v) is 14.2. The van der Waals surface area contributed by atoms with Gasteiger partial charge in [-0.3, -0.25) is 4.79 Å². The molecule has 0 aliphatic rings. The molecule has 104 valence electrons. The fraction of sp³-hybridized carbons (Fsp3) is 0.133. The average Bonchev–Trinajstić information content (AvgIpc) is 2.44. The number of nitrogens with one attached hydrogen (secondary N) is 1. The molecule has 0 unspecified atom stereocenters. The Bertz CT molecular complexity index is 656. The summed E-state index contributed by atoms with van der Waals surface area (Å²) in [5, 5.41) is 2.86. The van der Waals surface area contributed by atoms with Crippen LogP contribution in [0, 0.1) is 6.92 Å². The number of aryl methyl sites for hydroxylation is 1. The Morgan fingerprint density at radius 3 is 2.50 bits per heavy atom. The van der Waals surface area contributed by atoms with Crippen molar-refractivity contribution in [2.75, 3.05) is 12.4 Å². The number of rotatable bonds is 3. The predicted molar refractivity (Wildman–Crippen MR) is 87.5 cm³/mol. The van der Waals surface area contributed by atoms with E-state index in [9.17, 15) is 4.79 Å². The van der Waals surface area contributed by atoms with Crippen LogP contribution in [0.15, 0.2) is 45.3 Å². The van der Waals surface area contributed by atoms with Crippen LogP contribution in [-0.4, -0.2) is 13.0 Å². The van der Waals surface area contributed by atoms with Crippen LogP contribution in [-0.2, 0) is 0 Å². The van der Waals surface area contributed by atoms with Crippen LogP contribution < -0.4 is 10.1 Å². The molecule has 0 radical (unpaired) electrons. The number of methoxy groups -OCH3 is 1. The molecule has 0 saturated carbocycles. The number of carbonyl (C=O) groups excluding carboxylic acids is 1. The molecule has 0 fully saturated rings. The second-order valence-corrected chi connectivity index (χ2v) is 5.97. The minimum atomic E-state index is -0.167. The molecule has 2 rings (SSSR count). The van der Waals surface area contributed by atoms with E-state index in [0.29, 0.717) is 17.0 Å². The molecule has 0 heterocycles. The van der Waals surface area contributed by atoms with Gasteiger partial charge < -0.3 is 10.1 Å². The first kappa shape index (κ1) is 15.1. The van der Waals surface area contributed by atoms with E-state index in [-0.39, 0.29) is 5.91 Å². The maximum absolute atomic E-state index is 12.2. The highest BCUT2D eigenvalue weighted by atomic mass is 79.9. The van der Waals surface area contributed by atoms with Gasteiger partial charge in [-0.05, 0) is 52.7 Å². The Morgan fingerprint density at radius 1 is 1.10 bits per heavy atom. The summed E-state index contributed by atoms with van der Waals surface area (Å²) in [6.07, 6.45) is 0. The quantitative estimate of drug-likeness (QED) is 0.807. The fourth-order valence-corrected chi connectivity index (χ4v) is 2.38. The molecular weight excluding hydrogens is 386 g/mol. The number of amides is 1. The summed E-state index contributed by atoms with van der Waals surface area (Å²) in [7, 11) is 1.59. The predicted octanol–water partition coefficient (Wildman–Crippen LogP) is 4.78. The summed E-state index contributed by atoms with van der Waals surface area (Å²) in [5.74, 6) is 0.522. The molecule has 2 aromatic rings. The van der Waals surface area contributed by atoms with Crippen LogP contribution in [0.25, 0.3) is 0 Å². The molecule has 0 atom stereocenters. The standard InChI is InChI=1S/C15H13Br2NO2/c1-9-3-4-10(7-13(9)17)15(19)18-14-8-11(20-2)5-6-12(14)16/h3-8H,1-2H3,(H,18,19). The molecule has 0 aromatic heterocycles. The number of halogens is 2. The van der Waals surface area contributed by atoms with E-state index in [1.54, 1.807) is 25.3 Å². The molecule has 0 saturated heterocycles. The minimum absolute atomic E-state index is 0.167. The van der Waals surface area contributed by atoms with Gasteiger partial charge >= 0.3 is 0 Å². The number of carbonyl (C=O) groups is 1. The molecule has 0 bridgehead atoms.